The second-order valence-electron chi connectivity index (χ2n) is 3.88. The van der Waals surface area contributed by atoms with E-state index in [9.17, 15) is 14.9 Å². The number of aromatic nitrogens is 2. The molecule has 0 aromatic carbocycles. The summed E-state index contributed by atoms with van der Waals surface area (Å²) in [5, 5.41) is 23.6. The molecule has 0 spiro atoms. The van der Waals surface area contributed by atoms with Gasteiger partial charge in [0.15, 0.2) is 5.54 Å². The smallest absolute Gasteiger partial charge is 0.331 e. The van der Waals surface area contributed by atoms with Crippen LogP contribution in [0.25, 0.3) is 0 Å². The van der Waals surface area contributed by atoms with Gasteiger partial charge >= 0.3 is 11.7 Å². The monoisotopic (exact) mass is 227 g/mol. The molecule has 0 aliphatic rings. The number of carbonyl (C=O) groups is 1. The van der Waals surface area contributed by atoms with E-state index in [1.807, 2.05) is 0 Å². The van der Waals surface area contributed by atoms with Crippen molar-refractivity contribution in [1.29, 1.82) is 0 Å². The lowest BCUT2D eigenvalue weighted by Gasteiger charge is -2.18. The first kappa shape index (κ1) is 12.2. The molecule has 1 rings (SSSR count). The van der Waals surface area contributed by atoms with Crippen molar-refractivity contribution in [3.8, 4) is 0 Å². The van der Waals surface area contributed by atoms with Gasteiger partial charge in [0, 0.05) is 0 Å². The van der Waals surface area contributed by atoms with Gasteiger partial charge in [0.05, 0.1) is 4.92 Å². The number of hydrogen-bond donors (Lipinski definition) is 1. The van der Waals surface area contributed by atoms with Crippen LogP contribution in [-0.2, 0) is 16.8 Å². The molecule has 0 unspecified atom stereocenters. The molecule has 0 saturated heterocycles. The van der Waals surface area contributed by atoms with Crippen molar-refractivity contribution in [2.45, 2.75) is 32.7 Å². The van der Waals surface area contributed by atoms with E-state index in [-0.39, 0.29) is 5.69 Å². The number of nitro groups is 1. The molecule has 0 bridgehead atoms. The Bertz CT molecular complexity index is 436. The molecule has 0 atom stereocenters. The van der Waals surface area contributed by atoms with E-state index in [1.54, 1.807) is 6.92 Å². The van der Waals surface area contributed by atoms with Crippen LogP contribution in [0.1, 0.15) is 26.5 Å². The Hall–Kier alpha value is -1.92. The van der Waals surface area contributed by atoms with Crippen molar-refractivity contribution in [2.24, 2.45) is 0 Å². The van der Waals surface area contributed by atoms with Gasteiger partial charge in [-0.2, -0.15) is 5.10 Å². The molecule has 1 N–H and O–H groups in total. The van der Waals surface area contributed by atoms with Gasteiger partial charge in [-0.15, -0.1) is 0 Å². The summed E-state index contributed by atoms with van der Waals surface area (Å²) >= 11 is 0. The minimum Gasteiger partial charge on any atom is -0.479 e. The highest BCUT2D eigenvalue weighted by molar-refractivity contribution is 5.75. The van der Waals surface area contributed by atoms with Crippen molar-refractivity contribution in [3.63, 3.8) is 0 Å². The molecule has 1 heterocycles. The van der Waals surface area contributed by atoms with Crippen LogP contribution in [0.3, 0.4) is 0 Å². The Labute approximate surface area is 91.8 Å². The predicted molar refractivity (Wildman–Crippen MR) is 55.2 cm³/mol. The summed E-state index contributed by atoms with van der Waals surface area (Å²) in [6, 6.07) is 0. The fourth-order valence-corrected chi connectivity index (χ4v) is 1.19. The first-order chi connectivity index (χ1) is 7.30. The maximum absolute atomic E-state index is 11.0. The number of nitrogens with zero attached hydrogens (tertiary/aromatic N) is 3. The van der Waals surface area contributed by atoms with Crippen LogP contribution in [-0.4, -0.2) is 25.8 Å². The molecular weight excluding hydrogens is 214 g/mol. The number of rotatable bonds is 4. The van der Waals surface area contributed by atoms with E-state index in [4.69, 9.17) is 5.11 Å². The number of hydrogen-bond acceptors (Lipinski definition) is 4. The zero-order chi connectivity index (χ0) is 12.5. The summed E-state index contributed by atoms with van der Waals surface area (Å²) in [6.07, 6.45) is 1.55. The van der Waals surface area contributed by atoms with Gasteiger partial charge in [0.1, 0.15) is 11.9 Å². The van der Waals surface area contributed by atoms with Crippen molar-refractivity contribution in [2.75, 3.05) is 0 Å². The van der Waals surface area contributed by atoms with Gasteiger partial charge in [-0.25, -0.2) is 9.48 Å². The van der Waals surface area contributed by atoms with Crippen molar-refractivity contribution < 1.29 is 14.8 Å². The molecular formula is C9H13N3O4. The molecule has 0 radical (unpaired) electrons. The highest BCUT2D eigenvalue weighted by Crippen LogP contribution is 2.22. The molecule has 88 valence electrons. The van der Waals surface area contributed by atoms with Crippen molar-refractivity contribution in [3.05, 3.63) is 22.0 Å². The van der Waals surface area contributed by atoms with E-state index >= 15 is 0 Å². The van der Waals surface area contributed by atoms with E-state index in [2.05, 4.69) is 5.10 Å². The minimum atomic E-state index is -1.29. The minimum absolute atomic E-state index is 0.142. The van der Waals surface area contributed by atoms with Crippen LogP contribution in [0.4, 0.5) is 5.69 Å². The molecule has 1 aromatic heterocycles. The molecule has 0 aliphatic carbocycles. The van der Waals surface area contributed by atoms with Gasteiger partial charge < -0.3 is 5.11 Å². The zero-order valence-corrected chi connectivity index (χ0v) is 9.30. The average molecular weight is 227 g/mol. The standard InChI is InChI=1S/C9H13N3O4/c1-4-6-7(12(15)16)5-11(10-6)9(2,3)8(13)14/h5H,4H2,1-3H3,(H,13,14). The number of aliphatic carboxylic acids is 1. The van der Waals surface area contributed by atoms with E-state index in [0.29, 0.717) is 12.1 Å². The van der Waals surface area contributed by atoms with Gasteiger partial charge in [-0.05, 0) is 20.3 Å². The molecule has 0 saturated carbocycles. The Morgan fingerprint density at radius 3 is 2.56 bits per heavy atom. The lowest BCUT2D eigenvalue weighted by atomic mass is 10.1. The SMILES string of the molecule is CCc1nn(C(C)(C)C(=O)O)cc1[N+](=O)[O-]. The number of aryl methyl sites for hydroxylation is 1. The largest absolute Gasteiger partial charge is 0.479 e. The van der Waals surface area contributed by atoms with Crippen molar-refractivity contribution >= 4 is 11.7 Å². The second-order valence-corrected chi connectivity index (χ2v) is 3.88. The van der Waals surface area contributed by atoms with Crippen LogP contribution in [0.5, 0.6) is 0 Å². The first-order valence-electron chi connectivity index (χ1n) is 4.77. The number of carboxylic acids is 1. The molecule has 0 amide bonds. The molecule has 0 aliphatic heterocycles. The van der Waals surface area contributed by atoms with Crippen LogP contribution in [0.15, 0.2) is 6.20 Å². The number of carboxylic acid groups (broad SMARTS) is 1. The summed E-state index contributed by atoms with van der Waals surface area (Å²) in [4.78, 5) is 21.1. The molecule has 7 heteroatoms. The third-order valence-corrected chi connectivity index (χ3v) is 2.40. The van der Waals surface area contributed by atoms with Gasteiger partial charge in [-0.1, -0.05) is 6.92 Å². The predicted octanol–water partition coefficient (Wildman–Crippen LogP) is 1.17. The third kappa shape index (κ3) is 1.88. The van der Waals surface area contributed by atoms with E-state index in [1.165, 1.54) is 13.8 Å². The van der Waals surface area contributed by atoms with Crippen LogP contribution >= 0.6 is 0 Å². The van der Waals surface area contributed by atoms with Crippen molar-refractivity contribution in [1.82, 2.24) is 9.78 Å². The highest BCUT2D eigenvalue weighted by atomic mass is 16.6. The molecule has 16 heavy (non-hydrogen) atoms. The highest BCUT2D eigenvalue weighted by Gasteiger charge is 2.33. The summed E-state index contributed by atoms with van der Waals surface area (Å²) in [6.45, 7) is 4.60. The fraction of sp³-hybridized carbons (Fsp3) is 0.556. The Morgan fingerprint density at radius 1 is 1.69 bits per heavy atom. The molecule has 1 aromatic rings. The first-order valence-corrected chi connectivity index (χ1v) is 4.77. The Morgan fingerprint density at radius 2 is 2.25 bits per heavy atom. The maximum Gasteiger partial charge on any atom is 0.331 e. The normalized spacial score (nSPS) is 11.4. The van der Waals surface area contributed by atoms with Gasteiger partial charge in [-0.3, -0.25) is 10.1 Å². The van der Waals surface area contributed by atoms with E-state index in [0.717, 1.165) is 10.9 Å². The van der Waals surface area contributed by atoms with Crippen LogP contribution < -0.4 is 0 Å². The summed E-state index contributed by atoms with van der Waals surface area (Å²) in [5.74, 6) is -1.09. The van der Waals surface area contributed by atoms with Gasteiger partial charge in [0.2, 0.25) is 0 Å². The van der Waals surface area contributed by atoms with Gasteiger partial charge in [0.25, 0.3) is 0 Å². The maximum atomic E-state index is 11.0. The Balaban J connectivity index is 3.28. The summed E-state index contributed by atoms with van der Waals surface area (Å²) < 4.78 is 1.12. The third-order valence-electron chi connectivity index (χ3n) is 2.40. The van der Waals surface area contributed by atoms with E-state index < -0.39 is 16.4 Å². The topological polar surface area (TPSA) is 98.3 Å². The van der Waals surface area contributed by atoms with Crippen LogP contribution in [0, 0.1) is 10.1 Å². The fourth-order valence-electron chi connectivity index (χ4n) is 1.19. The zero-order valence-electron chi connectivity index (χ0n) is 9.30. The lowest BCUT2D eigenvalue weighted by Crippen LogP contribution is -2.36. The van der Waals surface area contributed by atoms with Crippen LogP contribution in [0.2, 0.25) is 0 Å². The lowest BCUT2D eigenvalue weighted by molar-refractivity contribution is -0.385. The quantitative estimate of drug-likeness (QED) is 0.615. The average Bonchev–Trinajstić information content (AvgIpc) is 2.61. The summed E-state index contributed by atoms with van der Waals surface area (Å²) in [5.41, 5.74) is -1.14. The molecule has 7 nitrogen and oxygen atoms in total. The second kappa shape index (κ2) is 3.92. The molecule has 0 fully saturated rings. The summed E-state index contributed by atoms with van der Waals surface area (Å²) in [7, 11) is 0. The Kier molecular flexibility index (Phi) is 2.97.